The highest BCUT2D eigenvalue weighted by Gasteiger charge is 2.24. The maximum absolute atomic E-state index is 12.3. The van der Waals surface area contributed by atoms with Crippen molar-refractivity contribution in [3.8, 4) is 11.5 Å². The summed E-state index contributed by atoms with van der Waals surface area (Å²) in [5.74, 6) is 1.29. The summed E-state index contributed by atoms with van der Waals surface area (Å²) < 4.78 is 16.5. The fourth-order valence-electron chi connectivity index (χ4n) is 3.33. The first kappa shape index (κ1) is 15.7. The largest absolute Gasteiger partial charge is 0.497 e. The molecule has 2 aromatic carbocycles. The number of hydrogen-bond acceptors (Lipinski definition) is 5. The van der Waals surface area contributed by atoms with Crippen LogP contribution < -0.4 is 15.1 Å². The summed E-state index contributed by atoms with van der Waals surface area (Å²) in [7, 11) is 1.56. The summed E-state index contributed by atoms with van der Waals surface area (Å²) in [6.07, 6.45) is 2.83. The molecule has 3 aromatic rings. The third-order valence-corrected chi connectivity index (χ3v) is 4.67. The molecule has 0 saturated heterocycles. The van der Waals surface area contributed by atoms with Crippen LogP contribution in [0.1, 0.15) is 25.7 Å². The average Bonchev–Trinajstić information content (AvgIpc) is 2.63. The smallest absolute Gasteiger partial charge is 0.344 e. The van der Waals surface area contributed by atoms with Gasteiger partial charge in [-0.15, -0.1) is 0 Å². The van der Waals surface area contributed by atoms with Crippen molar-refractivity contribution in [2.75, 3.05) is 7.11 Å². The van der Waals surface area contributed by atoms with Crippen LogP contribution in [0.3, 0.4) is 0 Å². The minimum atomic E-state index is -0.424. The van der Waals surface area contributed by atoms with Gasteiger partial charge in [0.2, 0.25) is 0 Å². The number of Topliss-reactive ketones (excluding diaryl/α,β-unsaturated/α-hetero) is 1. The minimum Gasteiger partial charge on any atom is -0.497 e. The first-order chi connectivity index (χ1) is 12.2. The van der Waals surface area contributed by atoms with Gasteiger partial charge >= 0.3 is 5.63 Å². The normalized spacial score (nSPS) is 17.8. The number of hydrogen-bond donors (Lipinski definition) is 0. The van der Waals surface area contributed by atoms with E-state index in [0.717, 1.165) is 30.0 Å². The molecule has 0 unspecified atom stereocenters. The van der Waals surface area contributed by atoms with E-state index < -0.39 is 11.7 Å². The highest BCUT2D eigenvalue weighted by atomic mass is 16.5. The lowest BCUT2D eigenvalue weighted by Gasteiger charge is -2.21. The van der Waals surface area contributed by atoms with Crippen molar-refractivity contribution in [1.29, 1.82) is 0 Å². The lowest BCUT2D eigenvalue weighted by Crippen LogP contribution is -2.30. The SMILES string of the molecule is COc1ccc2c(c1)c(=O)oc1cc(O[C@H]3CCCCC3=O)ccc12. The summed E-state index contributed by atoms with van der Waals surface area (Å²) >= 11 is 0. The molecule has 1 fully saturated rings. The molecule has 128 valence electrons. The van der Waals surface area contributed by atoms with E-state index in [1.807, 2.05) is 24.3 Å². The quantitative estimate of drug-likeness (QED) is 0.536. The summed E-state index contributed by atoms with van der Waals surface area (Å²) in [6.45, 7) is 0. The molecule has 0 spiro atoms. The first-order valence-electron chi connectivity index (χ1n) is 8.40. The molecule has 1 heterocycles. The highest BCUT2D eigenvalue weighted by Crippen LogP contribution is 2.29. The molecule has 1 aromatic heterocycles. The van der Waals surface area contributed by atoms with Crippen LogP contribution in [0.5, 0.6) is 11.5 Å². The maximum atomic E-state index is 12.3. The monoisotopic (exact) mass is 338 g/mol. The minimum absolute atomic E-state index is 0.137. The lowest BCUT2D eigenvalue weighted by atomic mass is 9.96. The van der Waals surface area contributed by atoms with Crippen LogP contribution in [0.15, 0.2) is 45.6 Å². The number of carbonyl (C=O) groups excluding carboxylic acids is 1. The van der Waals surface area contributed by atoms with Gasteiger partial charge in [0.05, 0.1) is 12.5 Å². The van der Waals surface area contributed by atoms with Crippen LogP contribution in [-0.4, -0.2) is 19.0 Å². The predicted molar refractivity (Wildman–Crippen MR) is 94.4 cm³/mol. The van der Waals surface area contributed by atoms with E-state index in [1.165, 1.54) is 0 Å². The second-order valence-corrected chi connectivity index (χ2v) is 6.28. The maximum Gasteiger partial charge on any atom is 0.344 e. The Morgan fingerprint density at radius 2 is 1.76 bits per heavy atom. The molecular formula is C20H18O5. The number of ketones is 1. The van der Waals surface area contributed by atoms with Crippen molar-refractivity contribution in [1.82, 2.24) is 0 Å². The molecule has 25 heavy (non-hydrogen) atoms. The summed E-state index contributed by atoms with van der Waals surface area (Å²) in [6, 6.07) is 10.7. The molecule has 1 atom stereocenters. The van der Waals surface area contributed by atoms with Gasteiger partial charge in [0.25, 0.3) is 0 Å². The molecule has 0 aliphatic heterocycles. The number of benzene rings is 2. The van der Waals surface area contributed by atoms with Gasteiger partial charge in [-0.05, 0) is 49.6 Å². The van der Waals surface area contributed by atoms with Crippen LogP contribution >= 0.6 is 0 Å². The Labute approximate surface area is 144 Å². The van der Waals surface area contributed by atoms with Gasteiger partial charge in [-0.1, -0.05) is 0 Å². The standard InChI is InChI=1S/C20H18O5/c1-23-12-6-8-14-15-9-7-13(24-18-5-3-2-4-17(18)21)11-19(15)25-20(22)16(14)10-12/h6-11,18H,2-5H2,1H3/t18-/m0/s1. The molecule has 4 rings (SSSR count). The van der Waals surface area contributed by atoms with Gasteiger partial charge in [0, 0.05) is 23.3 Å². The van der Waals surface area contributed by atoms with Gasteiger partial charge in [0.1, 0.15) is 17.1 Å². The number of ether oxygens (including phenoxy) is 2. The molecule has 1 aliphatic carbocycles. The van der Waals surface area contributed by atoms with Crippen LogP contribution in [0.2, 0.25) is 0 Å². The van der Waals surface area contributed by atoms with Gasteiger partial charge < -0.3 is 13.9 Å². The average molecular weight is 338 g/mol. The van der Waals surface area contributed by atoms with Crippen molar-refractivity contribution >= 4 is 27.5 Å². The number of rotatable bonds is 3. The Hall–Kier alpha value is -2.82. The summed E-state index contributed by atoms with van der Waals surface area (Å²) in [4.78, 5) is 24.2. The predicted octanol–water partition coefficient (Wildman–Crippen LogP) is 3.85. The zero-order valence-electron chi connectivity index (χ0n) is 13.9. The van der Waals surface area contributed by atoms with Crippen LogP contribution in [0.25, 0.3) is 21.7 Å². The Balaban J connectivity index is 1.77. The highest BCUT2D eigenvalue weighted by molar-refractivity contribution is 6.04. The van der Waals surface area contributed by atoms with E-state index in [9.17, 15) is 9.59 Å². The Bertz CT molecular complexity index is 1020. The van der Waals surface area contributed by atoms with E-state index in [2.05, 4.69) is 0 Å². The van der Waals surface area contributed by atoms with Gasteiger partial charge in [-0.3, -0.25) is 4.79 Å². The van der Waals surface area contributed by atoms with Gasteiger partial charge in [-0.25, -0.2) is 4.79 Å². The van der Waals surface area contributed by atoms with E-state index >= 15 is 0 Å². The molecule has 5 heteroatoms. The van der Waals surface area contributed by atoms with Crippen LogP contribution in [0.4, 0.5) is 0 Å². The van der Waals surface area contributed by atoms with Gasteiger partial charge in [0.15, 0.2) is 11.9 Å². The fourth-order valence-corrected chi connectivity index (χ4v) is 3.33. The first-order valence-corrected chi connectivity index (χ1v) is 8.40. The van der Waals surface area contributed by atoms with Gasteiger partial charge in [-0.2, -0.15) is 0 Å². The molecule has 1 aliphatic rings. The number of fused-ring (bicyclic) bond motifs is 3. The van der Waals surface area contributed by atoms with Crippen molar-refractivity contribution < 1.29 is 18.7 Å². The van der Waals surface area contributed by atoms with Crippen LogP contribution in [-0.2, 0) is 4.79 Å². The van der Waals surface area contributed by atoms with Crippen molar-refractivity contribution in [3.05, 3.63) is 46.8 Å². The fraction of sp³-hybridized carbons (Fsp3) is 0.300. The van der Waals surface area contributed by atoms with E-state index in [1.54, 1.807) is 19.2 Å². The Kier molecular flexibility index (Phi) is 3.92. The molecule has 0 amide bonds. The Morgan fingerprint density at radius 3 is 2.56 bits per heavy atom. The Morgan fingerprint density at radius 1 is 0.960 bits per heavy atom. The molecular weight excluding hydrogens is 320 g/mol. The summed E-state index contributed by atoms with van der Waals surface area (Å²) in [5, 5.41) is 2.09. The van der Waals surface area contributed by atoms with E-state index in [4.69, 9.17) is 13.9 Å². The molecule has 0 bridgehead atoms. The van der Waals surface area contributed by atoms with Crippen LogP contribution in [0, 0.1) is 0 Å². The third-order valence-electron chi connectivity index (χ3n) is 4.67. The second kappa shape index (κ2) is 6.24. The molecule has 0 radical (unpaired) electrons. The number of methoxy groups -OCH3 is 1. The zero-order valence-corrected chi connectivity index (χ0v) is 13.9. The number of carbonyl (C=O) groups is 1. The van der Waals surface area contributed by atoms with Crippen molar-refractivity contribution in [2.45, 2.75) is 31.8 Å². The topological polar surface area (TPSA) is 65.7 Å². The van der Waals surface area contributed by atoms with Crippen molar-refractivity contribution in [3.63, 3.8) is 0 Å². The third kappa shape index (κ3) is 2.86. The molecule has 0 N–H and O–H groups in total. The zero-order chi connectivity index (χ0) is 17.4. The second-order valence-electron chi connectivity index (χ2n) is 6.28. The summed E-state index contributed by atoms with van der Waals surface area (Å²) in [5.41, 5.74) is 0.0238. The molecule has 5 nitrogen and oxygen atoms in total. The molecule has 1 saturated carbocycles. The van der Waals surface area contributed by atoms with E-state index in [-0.39, 0.29) is 5.78 Å². The van der Waals surface area contributed by atoms with Crippen molar-refractivity contribution in [2.24, 2.45) is 0 Å². The van der Waals surface area contributed by atoms with E-state index in [0.29, 0.717) is 28.9 Å². The lowest BCUT2D eigenvalue weighted by molar-refractivity contribution is -0.127.